The first-order valence-corrected chi connectivity index (χ1v) is 7.66. The molecule has 0 saturated carbocycles. The van der Waals surface area contributed by atoms with Gasteiger partial charge in [0.2, 0.25) is 5.91 Å². The highest BCUT2D eigenvalue weighted by atomic mass is 16.5. The third-order valence-corrected chi connectivity index (χ3v) is 4.03. The van der Waals surface area contributed by atoms with E-state index in [2.05, 4.69) is 4.98 Å². The topological polar surface area (TPSA) is 45.3 Å². The Kier molecular flexibility index (Phi) is 4.33. The monoisotopic (exact) mass is 308 g/mol. The molecule has 3 aromatic rings. The Morgan fingerprint density at radius 1 is 1.17 bits per heavy atom. The average molecular weight is 308 g/mol. The quantitative estimate of drug-likeness (QED) is 0.780. The summed E-state index contributed by atoms with van der Waals surface area (Å²) in [7, 11) is 1.67. The van der Waals surface area contributed by atoms with Crippen molar-refractivity contribution in [3.63, 3.8) is 0 Å². The molecule has 4 heteroatoms. The van der Waals surface area contributed by atoms with Crippen molar-refractivity contribution in [2.24, 2.45) is 0 Å². The maximum atomic E-state index is 12.0. The number of carbonyl (C=O) groups is 1. The number of carbonyl (C=O) groups excluding carboxylic acids is 1. The number of nitrogens with zero attached hydrogens (tertiary/aromatic N) is 1. The third kappa shape index (κ3) is 3.21. The van der Waals surface area contributed by atoms with Crippen LogP contribution in [0.4, 0.5) is 5.69 Å². The smallest absolute Gasteiger partial charge is 0.223 e. The molecule has 4 nitrogen and oxygen atoms in total. The number of fused-ring (bicyclic) bond motifs is 1. The number of anilines is 1. The zero-order chi connectivity index (χ0) is 16.2. The molecule has 1 aromatic heterocycles. The van der Waals surface area contributed by atoms with E-state index in [1.807, 2.05) is 54.7 Å². The second-order valence-corrected chi connectivity index (χ2v) is 5.48. The first kappa shape index (κ1) is 15.2. The van der Waals surface area contributed by atoms with E-state index < -0.39 is 0 Å². The van der Waals surface area contributed by atoms with Gasteiger partial charge >= 0.3 is 0 Å². The predicted molar refractivity (Wildman–Crippen MR) is 93.0 cm³/mol. The molecule has 0 aliphatic rings. The van der Waals surface area contributed by atoms with Crippen molar-refractivity contribution >= 4 is 22.5 Å². The number of hydrogen-bond donors (Lipinski definition) is 1. The molecule has 1 heterocycles. The molecule has 1 amide bonds. The highest BCUT2D eigenvalue weighted by molar-refractivity contribution is 5.91. The highest BCUT2D eigenvalue weighted by Gasteiger charge is 2.12. The zero-order valence-corrected chi connectivity index (χ0v) is 13.4. The van der Waals surface area contributed by atoms with E-state index in [0.717, 1.165) is 28.8 Å². The molecule has 2 aromatic carbocycles. The molecular weight excluding hydrogens is 288 g/mol. The lowest BCUT2D eigenvalue weighted by Crippen LogP contribution is -2.30. The summed E-state index contributed by atoms with van der Waals surface area (Å²) in [5, 5.41) is 1.14. The Bertz CT molecular complexity index is 809. The summed E-state index contributed by atoms with van der Waals surface area (Å²) in [6.07, 6.45) is 2.79. The van der Waals surface area contributed by atoms with Gasteiger partial charge in [-0.25, -0.2) is 0 Å². The molecule has 23 heavy (non-hydrogen) atoms. The number of aromatic amines is 1. The van der Waals surface area contributed by atoms with Crippen LogP contribution in [-0.2, 0) is 11.2 Å². The minimum Gasteiger partial charge on any atom is -0.497 e. The SMILES string of the molecule is COc1ccc2[nH]cc(CCN(C(C)=O)c3ccccc3)c2c1. The van der Waals surface area contributed by atoms with E-state index >= 15 is 0 Å². The fourth-order valence-corrected chi connectivity index (χ4v) is 2.80. The number of aromatic nitrogens is 1. The standard InChI is InChI=1S/C19H20N2O2/c1-14(22)21(16-6-4-3-5-7-16)11-10-15-13-20-19-9-8-17(23-2)12-18(15)19/h3-9,12-13,20H,10-11H2,1-2H3. The largest absolute Gasteiger partial charge is 0.497 e. The molecule has 0 aliphatic heterocycles. The second-order valence-electron chi connectivity index (χ2n) is 5.48. The minimum atomic E-state index is 0.0496. The van der Waals surface area contributed by atoms with Crippen molar-refractivity contribution in [3.05, 3.63) is 60.3 Å². The fourth-order valence-electron chi connectivity index (χ4n) is 2.80. The number of amides is 1. The molecule has 1 N–H and O–H groups in total. The van der Waals surface area contributed by atoms with Crippen LogP contribution in [0, 0.1) is 0 Å². The summed E-state index contributed by atoms with van der Waals surface area (Å²) >= 11 is 0. The van der Waals surface area contributed by atoms with Gasteiger partial charge in [0.05, 0.1) is 7.11 Å². The van der Waals surface area contributed by atoms with Crippen molar-refractivity contribution in [2.75, 3.05) is 18.6 Å². The van der Waals surface area contributed by atoms with E-state index in [9.17, 15) is 4.79 Å². The van der Waals surface area contributed by atoms with Gasteiger partial charge in [-0.2, -0.15) is 0 Å². The van der Waals surface area contributed by atoms with Crippen LogP contribution >= 0.6 is 0 Å². The summed E-state index contributed by atoms with van der Waals surface area (Å²) < 4.78 is 5.30. The van der Waals surface area contributed by atoms with Crippen molar-refractivity contribution in [1.29, 1.82) is 0 Å². The number of H-pyrrole nitrogens is 1. The van der Waals surface area contributed by atoms with Crippen LogP contribution in [0.1, 0.15) is 12.5 Å². The van der Waals surface area contributed by atoms with E-state index in [-0.39, 0.29) is 5.91 Å². The Morgan fingerprint density at radius 2 is 1.96 bits per heavy atom. The number of rotatable bonds is 5. The molecule has 0 fully saturated rings. The van der Waals surface area contributed by atoms with E-state index in [0.29, 0.717) is 6.54 Å². The van der Waals surface area contributed by atoms with Gasteiger partial charge in [0.15, 0.2) is 0 Å². The van der Waals surface area contributed by atoms with Gasteiger partial charge in [0, 0.05) is 36.3 Å². The van der Waals surface area contributed by atoms with Crippen molar-refractivity contribution in [2.45, 2.75) is 13.3 Å². The molecule has 3 rings (SSSR count). The number of nitrogens with one attached hydrogen (secondary N) is 1. The lowest BCUT2D eigenvalue weighted by Gasteiger charge is -2.21. The van der Waals surface area contributed by atoms with Gasteiger partial charge in [-0.3, -0.25) is 4.79 Å². The van der Waals surface area contributed by atoms with Crippen molar-refractivity contribution in [3.8, 4) is 5.75 Å². The third-order valence-electron chi connectivity index (χ3n) is 4.03. The maximum absolute atomic E-state index is 12.0. The molecule has 118 valence electrons. The maximum Gasteiger partial charge on any atom is 0.223 e. The summed E-state index contributed by atoms with van der Waals surface area (Å²) in [5.41, 5.74) is 3.19. The van der Waals surface area contributed by atoms with E-state index in [1.54, 1.807) is 18.9 Å². The first-order chi connectivity index (χ1) is 11.2. The van der Waals surface area contributed by atoms with Gasteiger partial charge in [-0.05, 0) is 42.3 Å². The Labute approximate surface area is 135 Å². The Hall–Kier alpha value is -2.75. The highest BCUT2D eigenvalue weighted by Crippen LogP contribution is 2.24. The van der Waals surface area contributed by atoms with Gasteiger partial charge < -0.3 is 14.6 Å². The molecule has 0 saturated heterocycles. The number of ether oxygens (including phenoxy) is 1. The second kappa shape index (κ2) is 6.57. The zero-order valence-electron chi connectivity index (χ0n) is 13.4. The molecule has 0 spiro atoms. The van der Waals surface area contributed by atoms with Crippen LogP contribution in [0.15, 0.2) is 54.7 Å². The van der Waals surface area contributed by atoms with Gasteiger partial charge in [-0.15, -0.1) is 0 Å². The van der Waals surface area contributed by atoms with E-state index in [4.69, 9.17) is 4.74 Å². The van der Waals surface area contributed by atoms with Crippen LogP contribution < -0.4 is 9.64 Å². The molecule has 0 bridgehead atoms. The number of methoxy groups -OCH3 is 1. The summed E-state index contributed by atoms with van der Waals surface area (Å²) in [6, 6.07) is 15.7. The van der Waals surface area contributed by atoms with Crippen LogP contribution in [0.25, 0.3) is 10.9 Å². The number of para-hydroxylation sites is 1. The number of hydrogen-bond acceptors (Lipinski definition) is 2. The Morgan fingerprint density at radius 3 is 2.65 bits per heavy atom. The van der Waals surface area contributed by atoms with Crippen molar-refractivity contribution < 1.29 is 9.53 Å². The Balaban J connectivity index is 1.82. The summed E-state index contributed by atoms with van der Waals surface area (Å²) in [5.74, 6) is 0.887. The number of benzene rings is 2. The van der Waals surface area contributed by atoms with Crippen LogP contribution in [0.2, 0.25) is 0 Å². The first-order valence-electron chi connectivity index (χ1n) is 7.66. The van der Waals surface area contributed by atoms with Crippen LogP contribution in [0.5, 0.6) is 5.75 Å². The predicted octanol–water partition coefficient (Wildman–Crippen LogP) is 3.77. The van der Waals surface area contributed by atoms with Gasteiger partial charge in [0.25, 0.3) is 0 Å². The molecule has 0 atom stereocenters. The van der Waals surface area contributed by atoms with Crippen molar-refractivity contribution in [1.82, 2.24) is 4.98 Å². The summed E-state index contributed by atoms with van der Waals surface area (Å²) in [4.78, 5) is 17.0. The lowest BCUT2D eigenvalue weighted by molar-refractivity contribution is -0.116. The van der Waals surface area contributed by atoms with Crippen LogP contribution in [0.3, 0.4) is 0 Å². The molecular formula is C19H20N2O2. The minimum absolute atomic E-state index is 0.0496. The molecule has 0 unspecified atom stereocenters. The average Bonchev–Trinajstić information content (AvgIpc) is 2.98. The lowest BCUT2D eigenvalue weighted by atomic mass is 10.1. The van der Waals surface area contributed by atoms with Gasteiger partial charge in [-0.1, -0.05) is 18.2 Å². The fraction of sp³-hybridized carbons (Fsp3) is 0.211. The van der Waals surface area contributed by atoms with Crippen LogP contribution in [-0.4, -0.2) is 24.5 Å². The molecule has 0 radical (unpaired) electrons. The van der Waals surface area contributed by atoms with E-state index in [1.165, 1.54) is 5.56 Å². The summed E-state index contributed by atoms with van der Waals surface area (Å²) in [6.45, 7) is 2.24. The normalized spacial score (nSPS) is 10.7. The van der Waals surface area contributed by atoms with Gasteiger partial charge in [0.1, 0.15) is 5.75 Å². The molecule has 0 aliphatic carbocycles.